The third-order valence-corrected chi connectivity index (χ3v) is 4.99. The molecule has 1 aromatic heterocycles. The Morgan fingerprint density at radius 2 is 1.88 bits per heavy atom. The van der Waals surface area contributed by atoms with Gasteiger partial charge < -0.3 is 4.74 Å². The first-order valence-electron chi connectivity index (χ1n) is 8.86. The molecule has 0 amide bonds. The Morgan fingerprint density at radius 3 is 2.65 bits per heavy atom. The first-order valence-corrected chi connectivity index (χ1v) is 9.24. The zero-order valence-corrected chi connectivity index (χ0v) is 15.6. The van der Waals surface area contributed by atoms with E-state index < -0.39 is 0 Å². The maximum absolute atomic E-state index is 6.00. The van der Waals surface area contributed by atoms with E-state index in [1.807, 2.05) is 29.9 Å². The molecule has 1 aliphatic rings. The molecular weight excluding hydrogens is 346 g/mol. The third-order valence-electron chi connectivity index (χ3n) is 4.74. The van der Waals surface area contributed by atoms with Gasteiger partial charge in [-0.25, -0.2) is 0 Å². The van der Waals surface area contributed by atoms with E-state index in [2.05, 4.69) is 52.6 Å². The van der Waals surface area contributed by atoms with E-state index >= 15 is 0 Å². The monoisotopic (exact) mass is 367 g/mol. The molecule has 0 unspecified atom stereocenters. The van der Waals surface area contributed by atoms with Crippen LogP contribution in [0.3, 0.4) is 0 Å². The molecule has 1 atom stereocenters. The standard InChI is InChI=1S/C21H22ClN3O/c1-24-13-18(21(23-24)17-5-3-2-4-6-17)14-25-11-12-26-20(15-25)16-7-9-19(22)10-8-16/h2-10,13,20H,11-12,14-15H2,1H3/t20-/m1/s1. The molecular formula is C21H22ClN3O. The summed E-state index contributed by atoms with van der Waals surface area (Å²) in [7, 11) is 1.98. The van der Waals surface area contributed by atoms with Gasteiger partial charge in [0.1, 0.15) is 0 Å². The Hall–Kier alpha value is -2.14. The van der Waals surface area contributed by atoms with Crippen molar-refractivity contribution in [3.63, 3.8) is 0 Å². The summed E-state index contributed by atoms with van der Waals surface area (Å²) in [6.07, 6.45) is 2.20. The van der Waals surface area contributed by atoms with Gasteiger partial charge in [0.25, 0.3) is 0 Å². The summed E-state index contributed by atoms with van der Waals surface area (Å²) in [6, 6.07) is 18.3. The molecule has 1 fully saturated rings. The number of ether oxygens (including phenoxy) is 1. The zero-order valence-electron chi connectivity index (χ0n) is 14.8. The van der Waals surface area contributed by atoms with Crippen LogP contribution in [-0.2, 0) is 18.3 Å². The quantitative estimate of drug-likeness (QED) is 0.688. The van der Waals surface area contributed by atoms with Crippen molar-refractivity contribution in [3.8, 4) is 11.3 Å². The summed E-state index contributed by atoms with van der Waals surface area (Å²) in [5, 5.41) is 5.43. The van der Waals surface area contributed by atoms with Gasteiger partial charge in [-0.3, -0.25) is 9.58 Å². The molecule has 0 aliphatic carbocycles. The van der Waals surface area contributed by atoms with Crippen LogP contribution in [0.1, 0.15) is 17.2 Å². The summed E-state index contributed by atoms with van der Waals surface area (Å²) >= 11 is 6.00. The highest BCUT2D eigenvalue weighted by atomic mass is 35.5. The lowest BCUT2D eigenvalue weighted by atomic mass is 10.1. The lowest BCUT2D eigenvalue weighted by Crippen LogP contribution is -2.37. The molecule has 2 heterocycles. The molecule has 0 radical (unpaired) electrons. The zero-order chi connectivity index (χ0) is 17.9. The molecule has 0 bridgehead atoms. The molecule has 4 rings (SSSR count). The number of nitrogens with zero attached hydrogens (tertiary/aromatic N) is 3. The summed E-state index contributed by atoms with van der Waals surface area (Å²) in [5.41, 5.74) is 4.64. The van der Waals surface area contributed by atoms with Crippen LogP contribution in [0.4, 0.5) is 0 Å². The van der Waals surface area contributed by atoms with Gasteiger partial charge in [-0.2, -0.15) is 5.10 Å². The van der Waals surface area contributed by atoms with Crippen LogP contribution in [0.25, 0.3) is 11.3 Å². The van der Waals surface area contributed by atoms with E-state index in [-0.39, 0.29) is 6.10 Å². The Kier molecular flexibility index (Phi) is 5.07. The van der Waals surface area contributed by atoms with Gasteiger partial charge in [-0.15, -0.1) is 0 Å². The predicted molar refractivity (Wildman–Crippen MR) is 104 cm³/mol. The van der Waals surface area contributed by atoms with Crippen LogP contribution in [0.2, 0.25) is 5.02 Å². The second-order valence-electron chi connectivity index (χ2n) is 6.69. The highest BCUT2D eigenvalue weighted by Gasteiger charge is 2.23. The van der Waals surface area contributed by atoms with Crippen molar-refractivity contribution >= 4 is 11.6 Å². The van der Waals surface area contributed by atoms with Crippen molar-refractivity contribution in [2.24, 2.45) is 7.05 Å². The first kappa shape index (κ1) is 17.3. The number of hydrogen-bond donors (Lipinski definition) is 0. The summed E-state index contributed by atoms with van der Waals surface area (Å²) in [6.45, 7) is 3.39. The molecule has 1 saturated heterocycles. The van der Waals surface area contributed by atoms with Gasteiger partial charge in [0.2, 0.25) is 0 Å². The average molecular weight is 368 g/mol. The Morgan fingerprint density at radius 1 is 1.12 bits per heavy atom. The minimum atomic E-state index is 0.0814. The van der Waals surface area contributed by atoms with Gasteiger partial charge in [0.05, 0.1) is 18.4 Å². The lowest BCUT2D eigenvalue weighted by molar-refractivity contribution is -0.0328. The molecule has 5 heteroatoms. The molecule has 3 aromatic rings. The molecule has 1 aliphatic heterocycles. The molecule has 0 spiro atoms. The summed E-state index contributed by atoms with van der Waals surface area (Å²) in [4.78, 5) is 2.44. The highest BCUT2D eigenvalue weighted by Crippen LogP contribution is 2.27. The van der Waals surface area contributed by atoms with Gasteiger partial charge in [-0.1, -0.05) is 54.1 Å². The second-order valence-corrected chi connectivity index (χ2v) is 7.13. The molecule has 26 heavy (non-hydrogen) atoms. The number of morpholine rings is 1. The third kappa shape index (κ3) is 3.83. The van der Waals surface area contributed by atoms with Crippen molar-refractivity contribution in [1.29, 1.82) is 0 Å². The van der Waals surface area contributed by atoms with E-state index in [1.165, 1.54) is 11.1 Å². The molecule has 0 saturated carbocycles. The van der Waals surface area contributed by atoms with Crippen LogP contribution in [-0.4, -0.2) is 34.4 Å². The fourth-order valence-electron chi connectivity index (χ4n) is 3.46. The van der Waals surface area contributed by atoms with Crippen LogP contribution >= 0.6 is 11.6 Å². The molecule has 4 nitrogen and oxygen atoms in total. The molecule has 134 valence electrons. The van der Waals surface area contributed by atoms with E-state index in [9.17, 15) is 0 Å². The van der Waals surface area contributed by atoms with Crippen LogP contribution in [0.5, 0.6) is 0 Å². The van der Waals surface area contributed by atoms with E-state index in [0.29, 0.717) is 0 Å². The Labute approximate surface area is 159 Å². The topological polar surface area (TPSA) is 30.3 Å². The minimum Gasteiger partial charge on any atom is -0.371 e. The van der Waals surface area contributed by atoms with Crippen LogP contribution in [0, 0.1) is 0 Å². The predicted octanol–water partition coefficient (Wildman–Crippen LogP) is 4.31. The minimum absolute atomic E-state index is 0.0814. The fourth-order valence-corrected chi connectivity index (χ4v) is 3.58. The smallest absolute Gasteiger partial charge is 0.0968 e. The van der Waals surface area contributed by atoms with Crippen molar-refractivity contribution in [1.82, 2.24) is 14.7 Å². The number of rotatable bonds is 4. The van der Waals surface area contributed by atoms with Gasteiger partial charge in [-0.05, 0) is 17.7 Å². The van der Waals surface area contributed by atoms with Crippen LogP contribution in [0.15, 0.2) is 60.8 Å². The van der Waals surface area contributed by atoms with Gasteiger partial charge in [0, 0.05) is 49.0 Å². The average Bonchev–Trinajstić information content (AvgIpc) is 3.03. The maximum atomic E-state index is 6.00. The highest BCUT2D eigenvalue weighted by molar-refractivity contribution is 6.30. The number of benzene rings is 2. The van der Waals surface area contributed by atoms with E-state index in [0.717, 1.165) is 42.5 Å². The summed E-state index contributed by atoms with van der Waals surface area (Å²) < 4.78 is 7.88. The van der Waals surface area contributed by atoms with Crippen molar-refractivity contribution in [2.75, 3.05) is 19.7 Å². The van der Waals surface area contributed by atoms with Crippen LogP contribution < -0.4 is 0 Å². The van der Waals surface area contributed by atoms with E-state index in [4.69, 9.17) is 16.3 Å². The Balaban J connectivity index is 1.52. The molecule has 2 aromatic carbocycles. The SMILES string of the molecule is Cn1cc(CN2CCO[C@@H](c3ccc(Cl)cc3)C2)c(-c2ccccc2)n1. The van der Waals surface area contributed by atoms with Crippen molar-refractivity contribution < 1.29 is 4.74 Å². The first-order chi connectivity index (χ1) is 12.7. The Bertz CT molecular complexity index is 861. The lowest BCUT2D eigenvalue weighted by Gasteiger charge is -2.33. The normalized spacial score (nSPS) is 18.2. The second kappa shape index (κ2) is 7.62. The number of halogens is 1. The van der Waals surface area contributed by atoms with Gasteiger partial charge in [0.15, 0.2) is 0 Å². The maximum Gasteiger partial charge on any atom is 0.0968 e. The van der Waals surface area contributed by atoms with Crippen molar-refractivity contribution in [2.45, 2.75) is 12.6 Å². The molecule has 0 N–H and O–H groups in total. The number of aromatic nitrogens is 2. The number of hydrogen-bond acceptors (Lipinski definition) is 3. The summed E-state index contributed by atoms with van der Waals surface area (Å²) in [5.74, 6) is 0. The largest absolute Gasteiger partial charge is 0.371 e. The van der Waals surface area contributed by atoms with E-state index in [1.54, 1.807) is 0 Å². The fraction of sp³-hybridized carbons (Fsp3) is 0.286. The van der Waals surface area contributed by atoms with Crippen molar-refractivity contribution in [3.05, 3.63) is 76.9 Å². The number of aryl methyl sites for hydroxylation is 1. The van der Waals surface area contributed by atoms with Gasteiger partial charge >= 0.3 is 0 Å².